The Bertz CT molecular complexity index is 273. The van der Waals surface area contributed by atoms with Crippen LogP contribution in [0.25, 0.3) is 0 Å². The summed E-state index contributed by atoms with van der Waals surface area (Å²) < 4.78 is 5.75. The van der Waals surface area contributed by atoms with Crippen LogP contribution in [0.15, 0.2) is 30.3 Å². The van der Waals surface area contributed by atoms with E-state index in [4.69, 9.17) is 4.74 Å². The fraction of sp³-hybridized carbons (Fsp3) is 0.455. The molecule has 0 spiro atoms. The average Bonchev–Trinajstić information content (AvgIpc) is 2.47. The first-order chi connectivity index (χ1) is 6.27. The van der Waals surface area contributed by atoms with Gasteiger partial charge in [-0.25, -0.2) is 0 Å². The summed E-state index contributed by atoms with van der Waals surface area (Å²) in [5, 5.41) is 3.34. The third-order valence-corrected chi connectivity index (χ3v) is 2.43. The zero-order chi connectivity index (χ0) is 9.26. The molecular formula is C11H15NO. The van der Waals surface area contributed by atoms with Crippen molar-refractivity contribution < 1.29 is 4.74 Å². The fourth-order valence-corrected chi connectivity index (χ4v) is 1.84. The zero-order valence-electron chi connectivity index (χ0n) is 8.03. The minimum absolute atomic E-state index is 0.167. The van der Waals surface area contributed by atoms with Gasteiger partial charge >= 0.3 is 0 Å². The Morgan fingerprint density at radius 3 is 2.38 bits per heavy atom. The SMILES string of the molecule is CC1NC(C)C(c2ccccc2)O1. The standard InChI is InChI=1S/C11H15NO/c1-8-11(13-9(2)12-8)10-6-4-3-5-7-10/h3-9,11-12H,1-2H3. The van der Waals surface area contributed by atoms with Gasteiger partial charge in [0, 0.05) is 6.04 Å². The smallest absolute Gasteiger partial charge is 0.106 e. The van der Waals surface area contributed by atoms with E-state index in [0.717, 1.165) is 0 Å². The lowest BCUT2D eigenvalue weighted by Gasteiger charge is -2.13. The van der Waals surface area contributed by atoms with E-state index in [2.05, 4.69) is 36.5 Å². The molecule has 0 amide bonds. The molecule has 2 rings (SSSR count). The van der Waals surface area contributed by atoms with Crippen molar-refractivity contribution in [2.75, 3.05) is 0 Å². The van der Waals surface area contributed by atoms with Crippen molar-refractivity contribution in [1.29, 1.82) is 0 Å². The summed E-state index contributed by atoms with van der Waals surface area (Å²) >= 11 is 0. The minimum Gasteiger partial charge on any atom is -0.354 e. The molecule has 0 aromatic heterocycles. The van der Waals surface area contributed by atoms with Crippen molar-refractivity contribution >= 4 is 0 Å². The molecule has 3 unspecified atom stereocenters. The van der Waals surface area contributed by atoms with Crippen LogP contribution in [0.2, 0.25) is 0 Å². The molecule has 1 heterocycles. The molecule has 1 N–H and O–H groups in total. The minimum atomic E-state index is 0.167. The average molecular weight is 177 g/mol. The summed E-state index contributed by atoms with van der Waals surface area (Å²) in [6, 6.07) is 10.8. The van der Waals surface area contributed by atoms with Crippen LogP contribution in [0, 0.1) is 0 Å². The van der Waals surface area contributed by atoms with E-state index in [-0.39, 0.29) is 12.3 Å². The Morgan fingerprint density at radius 2 is 1.85 bits per heavy atom. The maximum atomic E-state index is 5.75. The molecule has 70 valence electrons. The van der Waals surface area contributed by atoms with Crippen LogP contribution in [-0.2, 0) is 4.74 Å². The Hall–Kier alpha value is -0.860. The van der Waals surface area contributed by atoms with Crippen molar-refractivity contribution in [2.45, 2.75) is 32.2 Å². The quantitative estimate of drug-likeness (QED) is 0.709. The zero-order valence-corrected chi connectivity index (χ0v) is 8.03. The van der Waals surface area contributed by atoms with Crippen LogP contribution in [-0.4, -0.2) is 12.3 Å². The van der Waals surface area contributed by atoms with E-state index in [1.54, 1.807) is 0 Å². The summed E-state index contributed by atoms with van der Waals surface area (Å²) in [5.41, 5.74) is 1.26. The van der Waals surface area contributed by atoms with Gasteiger partial charge in [-0.1, -0.05) is 30.3 Å². The normalized spacial score (nSPS) is 33.5. The van der Waals surface area contributed by atoms with Gasteiger partial charge in [-0.3, -0.25) is 5.32 Å². The van der Waals surface area contributed by atoms with Gasteiger partial charge in [0.05, 0.1) is 6.10 Å². The Kier molecular flexibility index (Phi) is 2.34. The van der Waals surface area contributed by atoms with Gasteiger partial charge in [0.2, 0.25) is 0 Å². The van der Waals surface area contributed by atoms with Gasteiger partial charge in [-0.05, 0) is 19.4 Å². The van der Waals surface area contributed by atoms with E-state index >= 15 is 0 Å². The van der Waals surface area contributed by atoms with Crippen molar-refractivity contribution in [2.24, 2.45) is 0 Å². The number of hydrogen-bond acceptors (Lipinski definition) is 2. The first-order valence-corrected chi connectivity index (χ1v) is 4.74. The van der Waals surface area contributed by atoms with Crippen molar-refractivity contribution in [3.63, 3.8) is 0 Å². The Labute approximate surface area is 78.9 Å². The summed E-state index contributed by atoms with van der Waals surface area (Å²) in [6.45, 7) is 4.20. The maximum Gasteiger partial charge on any atom is 0.106 e. The first-order valence-electron chi connectivity index (χ1n) is 4.74. The van der Waals surface area contributed by atoms with Crippen LogP contribution >= 0.6 is 0 Å². The van der Waals surface area contributed by atoms with Crippen molar-refractivity contribution in [3.8, 4) is 0 Å². The van der Waals surface area contributed by atoms with E-state index < -0.39 is 0 Å². The highest BCUT2D eigenvalue weighted by Crippen LogP contribution is 2.27. The fourth-order valence-electron chi connectivity index (χ4n) is 1.84. The lowest BCUT2D eigenvalue weighted by atomic mass is 10.0. The Morgan fingerprint density at radius 1 is 1.15 bits per heavy atom. The second-order valence-corrected chi connectivity index (χ2v) is 3.56. The van der Waals surface area contributed by atoms with Crippen LogP contribution in [0.5, 0.6) is 0 Å². The molecule has 1 aromatic carbocycles. The molecule has 13 heavy (non-hydrogen) atoms. The van der Waals surface area contributed by atoms with Crippen molar-refractivity contribution in [3.05, 3.63) is 35.9 Å². The largest absolute Gasteiger partial charge is 0.354 e. The van der Waals surface area contributed by atoms with Crippen molar-refractivity contribution in [1.82, 2.24) is 5.32 Å². The van der Waals surface area contributed by atoms with Gasteiger partial charge < -0.3 is 4.74 Å². The highest BCUT2D eigenvalue weighted by molar-refractivity contribution is 5.19. The summed E-state index contributed by atoms with van der Waals surface area (Å²) in [4.78, 5) is 0. The molecule has 1 aliphatic heterocycles. The van der Waals surface area contributed by atoms with Gasteiger partial charge in [0.25, 0.3) is 0 Å². The first kappa shape index (κ1) is 8.73. The molecule has 1 aromatic rings. The molecule has 1 saturated heterocycles. The molecule has 0 radical (unpaired) electrons. The number of ether oxygens (including phenoxy) is 1. The molecule has 3 atom stereocenters. The maximum absolute atomic E-state index is 5.75. The van der Waals surface area contributed by atoms with Crippen LogP contribution in [0.1, 0.15) is 25.5 Å². The molecule has 0 bridgehead atoms. The molecular weight excluding hydrogens is 162 g/mol. The molecule has 0 aliphatic carbocycles. The number of benzene rings is 1. The predicted octanol–water partition coefficient (Wildman–Crippen LogP) is 2.08. The van der Waals surface area contributed by atoms with Crippen LogP contribution in [0.3, 0.4) is 0 Å². The van der Waals surface area contributed by atoms with E-state index in [9.17, 15) is 0 Å². The summed E-state index contributed by atoms with van der Waals surface area (Å²) in [7, 11) is 0. The molecule has 0 saturated carbocycles. The molecule has 1 fully saturated rings. The predicted molar refractivity (Wildman–Crippen MR) is 52.3 cm³/mol. The van der Waals surface area contributed by atoms with E-state index in [0.29, 0.717) is 6.04 Å². The lowest BCUT2D eigenvalue weighted by Crippen LogP contribution is -2.26. The molecule has 2 heteroatoms. The van der Waals surface area contributed by atoms with E-state index in [1.807, 2.05) is 13.0 Å². The van der Waals surface area contributed by atoms with Gasteiger partial charge in [-0.15, -0.1) is 0 Å². The third kappa shape index (κ3) is 1.74. The third-order valence-electron chi connectivity index (χ3n) is 2.43. The van der Waals surface area contributed by atoms with Gasteiger partial charge in [0.1, 0.15) is 6.23 Å². The Balaban J connectivity index is 2.18. The number of nitrogens with one attached hydrogen (secondary N) is 1. The topological polar surface area (TPSA) is 21.3 Å². The number of hydrogen-bond donors (Lipinski definition) is 1. The summed E-state index contributed by atoms with van der Waals surface area (Å²) in [5.74, 6) is 0. The molecule has 2 nitrogen and oxygen atoms in total. The van der Waals surface area contributed by atoms with Gasteiger partial charge in [-0.2, -0.15) is 0 Å². The highest BCUT2D eigenvalue weighted by atomic mass is 16.5. The van der Waals surface area contributed by atoms with E-state index in [1.165, 1.54) is 5.56 Å². The molecule has 1 aliphatic rings. The highest BCUT2D eigenvalue weighted by Gasteiger charge is 2.29. The number of rotatable bonds is 1. The van der Waals surface area contributed by atoms with Gasteiger partial charge in [0.15, 0.2) is 0 Å². The summed E-state index contributed by atoms with van der Waals surface area (Å²) in [6.07, 6.45) is 0.372. The van der Waals surface area contributed by atoms with Crippen LogP contribution in [0.4, 0.5) is 0 Å². The monoisotopic (exact) mass is 177 g/mol. The lowest BCUT2D eigenvalue weighted by molar-refractivity contribution is 0.0482. The second-order valence-electron chi connectivity index (χ2n) is 3.56. The van der Waals surface area contributed by atoms with Crippen LogP contribution < -0.4 is 5.32 Å². The second kappa shape index (κ2) is 3.48.